The van der Waals surface area contributed by atoms with Crippen LogP contribution in [-0.4, -0.2) is 11.6 Å². The van der Waals surface area contributed by atoms with Gasteiger partial charge in [0.2, 0.25) is 0 Å². The van der Waals surface area contributed by atoms with E-state index in [0.29, 0.717) is 17.8 Å². The first-order valence-electron chi connectivity index (χ1n) is 4.91. The molecule has 0 saturated heterocycles. The molecule has 1 fully saturated rings. The minimum Gasteiger partial charge on any atom is -0.327 e. The van der Waals surface area contributed by atoms with Gasteiger partial charge in [0.15, 0.2) is 0 Å². The monoisotopic (exact) mass is 170 g/mol. The SMILES string of the molecule is CC1CC(N)C(C)C(C)(N)C1C. The van der Waals surface area contributed by atoms with Gasteiger partial charge in [-0.25, -0.2) is 0 Å². The molecule has 0 aromatic carbocycles. The first-order valence-corrected chi connectivity index (χ1v) is 4.91. The highest BCUT2D eigenvalue weighted by atomic mass is 14.8. The molecule has 2 heteroatoms. The summed E-state index contributed by atoms with van der Waals surface area (Å²) < 4.78 is 0. The van der Waals surface area contributed by atoms with Crippen molar-refractivity contribution in [2.75, 3.05) is 0 Å². The van der Waals surface area contributed by atoms with E-state index in [4.69, 9.17) is 11.5 Å². The van der Waals surface area contributed by atoms with Gasteiger partial charge in [-0.3, -0.25) is 0 Å². The Kier molecular flexibility index (Phi) is 2.50. The van der Waals surface area contributed by atoms with E-state index in [9.17, 15) is 0 Å². The van der Waals surface area contributed by atoms with E-state index in [1.807, 2.05) is 0 Å². The van der Waals surface area contributed by atoms with E-state index >= 15 is 0 Å². The lowest BCUT2D eigenvalue weighted by atomic mass is 9.63. The Labute approximate surface area is 75.7 Å². The second-order valence-electron chi connectivity index (χ2n) is 4.82. The van der Waals surface area contributed by atoms with Crippen LogP contribution in [0.15, 0.2) is 0 Å². The average molecular weight is 170 g/mol. The molecule has 0 radical (unpaired) electrons. The smallest absolute Gasteiger partial charge is 0.0194 e. The highest BCUT2D eigenvalue weighted by Gasteiger charge is 2.43. The Morgan fingerprint density at radius 1 is 1.17 bits per heavy atom. The molecule has 0 aromatic rings. The zero-order chi connectivity index (χ0) is 9.52. The zero-order valence-corrected chi connectivity index (χ0v) is 8.67. The van der Waals surface area contributed by atoms with Crippen molar-refractivity contribution in [1.29, 1.82) is 0 Å². The molecule has 72 valence electrons. The Hall–Kier alpha value is -0.0800. The molecular weight excluding hydrogens is 148 g/mol. The van der Waals surface area contributed by atoms with Gasteiger partial charge in [-0.1, -0.05) is 20.8 Å². The van der Waals surface area contributed by atoms with Crippen LogP contribution in [0, 0.1) is 17.8 Å². The summed E-state index contributed by atoms with van der Waals surface area (Å²) in [5, 5.41) is 0. The number of rotatable bonds is 0. The van der Waals surface area contributed by atoms with Gasteiger partial charge in [0.25, 0.3) is 0 Å². The van der Waals surface area contributed by atoms with Crippen molar-refractivity contribution >= 4 is 0 Å². The summed E-state index contributed by atoms with van der Waals surface area (Å²) in [6.45, 7) is 8.81. The molecule has 1 aliphatic carbocycles. The number of nitrogens with two attached hydrogens (primary N) is 2. The molecule has 12 heavy (non-hydrogen) atoms. The second kappa shape index (κ2) is 3.00. The zero-order valence-electron chi connectivity index (χ0n) is 8.67. The van der Waals surface area contributed by atoms with Crippen molar-refractivity contribution in [3.05, 3.63) is 0 Å². The van der Waals surface area contributed by atoms with Crippen LogP contribution in [0.3, 0.4) is 0 Å². The molecule has 0 heterocycles. The molecule has 0 aliphatic heterocycles. The maximum absolute atomic E-state index is 6.27. The van der Waals surface area contributed by atoms with Gasteiger partial charge in [0.05, 0.1) is 0 Å². The van der Waals surface area contributed by atoms with Crippen LogP contribution in [0.4, 0.5) is 0 Å². The highest BCUT2D eigenvalue weighted by Crippen LogP contribution is 2.38. The first-order chi connectivity index (χ1) is 5.37. The minimum atomic E-state index is -0.0862. The molecule has 0 bridgehead atoms. The fourth-order valence-electron chi connectivity index (χ4n) is 2.33. The van der Waals surface area contributed by atoms with E-state index in [2.05, 4.69) is 27.7 Å². The minimum absolute atomic E-state index is 0.0862. The van der Waals surface area contributed by atoms with Crippen molar-refractivity contribution in [3.8, 4) is 0 Å². The molecule has 0 spiro atoms. The lowest BCUT2D eigenvalue weighted by Crippen LogP contribution is -2.60. The van der Waals surface area contributed by atoms with E-state index in [1.54, 1.807) is 0 Å². The van der Waals surface area contributed by atoms with Crippen molar-refractivity contribution in [2.24, 2.45) is 29.2 Å². The third-order valence-electron chi connectivity index (χ3n) is 4.10. The summed E-state index contributed by atoms with van der Waals surface area (Å²) in [4.78, 5) is 0. The predicted octanol–water partition coefficient (Wildman–Crippen LogP) is 1.34. The van der Waals surface area contributed by atoms with Crippen molar-refractivity contribution < 1.29 is 0 Å². The van der Waals surface area contributed by atoms with Crippen LogP contribution >= 0.6 is 0 Å². The van der Waals surface area contributed by atoms with E-state index in [-0.39, 0.29) is 11.6 Å². The van der Waals surface area contributed by atoms with Crippen LogP contribution in [0.5, 0.6) is 0 Å². The summed E-state index contributed by atoms with van der Waals surface area (Å²) >= 11 is 0. The molecule has 1 aliphatic rings. The summed E-state index contributed by atoms with van der Waals surface area (Å²) in [6.07, 6.45) is 1.12. The third-order valence-corrected chi connectivity index (χ3v) is 4.10. The van der Waals surface area contributed by atoms with Crippen molar-refractivity contribution in [1.82, 2.24) is 0 Å². The van der Waals surface area contributed by atoms with E-state index in [1.165, 1.54) is 0 Å². The summed E-state index contributed by atoms with van der Waals surface area (Å²) in [7, 11) is 0. The lowest BCUT2D eigenvalue weighted by molar-refractivity contribution is 0.0829. The van der Waals surface area contributed by atoms with E-state index in [0.717, 1.165) is 6.42 Å². The van der Waals surface area contributed by atoms with Crippen LogP contribution in [0.25, 0.3) is 0 Å². The molecule has 4 N–H and O–H groups in total. The standard InChI is InChI=1S/C10H22N2/c1-6-5-9(11)8(3)10(4,12)7(6)2/h6-9H,5,11-12H2,1-4H3. The van der Waals surface area contributed by atoms with Gasteiger partial charge in [0.1, 0.15) is 0 Å². The van der Waals surface area contributed by atoms with Gasteiger partial charge >= 0.3 is 0 Å². The normalized spacial score (nSPS) is 55.5. The average Bonchev–Trinajstić information content (AvgIpc) is 1.99. The molecule has 0 amide bonds. The highest BCUT2D eigenvalue weighted by molar-refractivity contribution is 5.00. The molecular formula is C10H22N2. The topological polar surface area (TPSA) is 52.0 Å². The van der Waals surface area contributed by atoms with Crippen molar-refractivity contribution in [2.45, 2.75) is 45.7 Å². The Bertz CT molecular complexity index is 149. The maximum atomic E-state index is 6.27. The molecule has 0 aromatic heterocycles. The Balaban J connectivity index is 2.82. The van der Waals surface area contributed by atoms with Gasteiger partial charge in [-0.15, -0.1) is 0 Å². The van der Waals surface area contributed by atoms with Gasteiger partial charge in [-0.05, 0) is 31.1 Å². The fraction of sp³-hybridized carbons (Fsp3) is 1.00. The largest absolute Gasteiger partial charge is 0.327 e. The number of hydrogen-bond donors (Lipinski definition) is 2. The van der Waals surface area contributed by atoms with E-state index < -0.39 is 0 Å². The second-order valence-corrected chi connectivity index (χ2v) is 4.82. The van der Waals surface area contributed by atoms with Gasteiger partial charge < -0.3 is 11.5 Å². The Morgan fingerprint density at radius 3 is 2.17 bits per heavy atom. The third kappa shape index (κ3) is 1.38. The van der Waals surface area contributed by atoms with Crippen LogP contribution in [-0.2, 0) is 0 Å². The van der Waals surface area contributed by atoms with Crippen molar-refractivity contribution in [3.63, 3.8) is 0 Å². The van der Waals surface area contributed by atoms with Crippen LogP contribution in [0.2, 0.25) is 0 Å². The summed E-state index contributed by atoms with van der Waals surface area (Å²) in [5.41, 5.74) is 12.2. The quantitative estimate of drug-likeness (QED) is 0.576. The Morgan fingerprint density at radius 2 is 1.67 bits per heavy atom. The van der Waals surface area contributed by atoms with Gasteiger partial charge in [-0.2, -0.15) is 0 Å². The molecule has 5 unspecified atom stereocenters. The molecule has 2 nitrogen and oxygen atoms in total. The number of hydrogen-bond acceptors (Lipinski definition) is 2. The molecule has 5 atom stereocenters. The van der Waals surface area contributed by atoms with Gasteiger partial charge in [0, 0.05) is 11.6 Å². The molecule has 1 rings (SSSR count). The first kappa shape index (κ1) is 10.0. The van der Waals surface area contributed by atoms with Crippen LogP contribution in [0.1, 0.15) is 34.1 Å². The lowest BCUT2D eigenvalue weighted by Gasteiger charge is -2.48. The van der Waals surface area contributed by atoms with Crippen LogP contribution < -0.4 is 11.5 Å². The summed E-state index contributed by atoms with van der Waals surface area (Å²) in [5.74, 6) is 1.67. The summed E-state index contributed by atoms with van der Waals surface area (Å²) in [6, 6.07) is 0.284. The fourth-order valence-corrected chi connectivity index (χ4v) is 2.33. The molecule has 1 saturated carbocycles. The predicted molar refractivity (Wildman–Crippen MR) is 52.7 cm³/mol. The maximum Gasteiger partial charge on any atom is 0.0194 e.